The minimum absolute atomic E-state index is 0.0166. The molecule has 0 aliphatic carbocycles. The van der Waals surface area contributed by atoms with Gasteiger partial charge in [-0.25, -0.2) is 0 Å². The van der Waals surface area contributed by atoms with Crippen molar-refractivity contribution in [2.45, 2.75) is 66.0 Å². The molecule has 1 aliphatic rings. The molecule has 1 fully saturated rings. The Morgan fingerprint density at radius 3 is 2.26 bits per heavy atom. The lowest BCUT2D eigenvalue weighted by Crippen LogP contribution is -2.70. The number of carbonyl (C=O) groups excluding carboxylic acids is 2. The van der Waals surface area contributed by atoms with E-state index in [-0.39, 0.29) is 23.8 Å². The van der Waals surface area contributed by atoms with Crippen molar-refractivity contribution in [3.05, 3.63) is 0 Å². The number of hydrogen-bond acceptors (Lipinski definition) is 2. The van der Waals surface area contributed by atoms with Crippen LogP contribution in [-0.2, 0) is 9.59 Å². The Bertz CT molecular complexity index is 352. The van der Waals surface area contributed by atoms with E-state index in [2.05, 4.69) is 19.2 Å². The lowest BCUT2D eigenvalue weighted by Gasteiger charge is -2.47. The van der Waals surface area contributed by atoms with Crippen molar-refractivity contribution in [3.63, 3.8) is 0 Å². The first kappa shape index (κ1) is 16.0. The van der Waals surface area contributed by atoms with Gasteiger partial charge in [0.1, 0.15) is 11.6 Å². The van der Waals surface area contributed by atoms with Crippen LogP contribution in [0.3, 0.4) is 0 Å². The van der Waals surface area contributed by atoms with Crippen LogP contribution in [0.25, 0.3) is 0 Å². The molecule has 1 aliphatic heterocycles. The molecule has 0 bridgehead atoms. The molecule has 1 heterocycles. The van der Waals surface area contributed by atoms with Crippen molar-refractivity contribution in [2.24, 2.45) is 11.8 Å². The summed E-state index contributed by atoms with van der Waals surface area (Å²) in [5.74, 6) is 0.701. The van der Waals surface area contributed by atoms with E-state index in [0.717, 1.165) is 6.42 Å². The van der Waals surface area contributed by atoms with Crippen LogP contribution in [-0.4, -0.2) is 34.8 Å². The maximum Gasteiger partial charge on any atom is 0.246 e. The molecule has 19 heavy (non-hydrogen) atoms. The molecule has 0 aromatic heterocycles. The van der Waals surface area contributed by atoms with Gasteiger partial charge in [-0.2, -0.15) is 0 Å². The molecular weight excluding hydrogens is 240 g/mol. The van der Waals surface area contributed by atoms with Crippen LogP contribution in [0.2, 0.25) is 0 Å². The Balaban J connectivity index is 3.00. The second kappa shape index (κ2) is 5.93. The maximum absolute atomic E-state index is 12.6. The summed E-state index contributed by atoms with van der Waals surface area (Å²) in [4.78, 5) is 26.8. The third-order valence-corrected chi connectivity index (χ3v) is 4.19. The Hall–Kier alpha value is -1.06. The summed E-state index contributed by atoms with van der Waals surface area (Å²) in [7, 11) is 0. The summed E-state index contributed by atoms with van der Waals surface area (Å²) in [6, 6.07) is -0.376. The van der Waals surface area contributed by atoms with Crippen molar-refractivity contribution in [3.8, 4) is 0 Å². The number of nitrogens with one attached hydrogen (secondary N) is 1. The predicted molar refractivity (Wildman–Crippen MR) is 76.6 cm³/mol. The van der Waals surface area contributed by atoms with E-state index in [9.17, 15) is 9.59 Å². The fourth-order valence-electron chi connectivity index (χ4n) is 2.44. The molecule has 1 N–H and O–H groups in total. The molecule has 0 spiro atoms. The van der Waals surface area contributed by atoms with Gasteiger partial charge in [0, 0.05) is 6.54 Å². The van der Waals surface area contributed by atoms with Crippen LogP contribution in [0, 0.1) is 11.8 Å². The van der Waals surface area contributed by atoms with Gasteiger partial charge in [0.15, 0.2) is 0 Å². The quantitative estimate of drug-likeness (QED) is 0.831. The minimum Gasteiger partial charge on any atom is -0.342 e. The maximum atomic E-state index is 12.6. The zero-order valence-corrected chi connectivity index (χ0v) is 13.1. The first-order valence-corrected chi connectivity index (χ1v) is 7.36. The molecule has 0 aromatic carbocycles. The Morgan fingerprint density at radius 2 is 1.84 bits per heavy atom. The first-order chi connectivity index (χ1) is 8.74. The lowest BCUT2D eigenvalue weighted by molar-refractivity contribution is -0.158. The van der Waals surface area contributed by atoms with Crippen molar-refractivity contribution in [1.82, 2.24) is 10.2 Å². The Kier molecular flexibility index (Phi) is 4.99. The van der Waals surface area contributed by atoms with Gasteiger partial charge in [-0.1, -0.05) is 34.6 Å². The summed E-state index contributed by atoms with van der Waals surface area (Å²) >= 11 is 0. The highest BCUT2D eigenvalue weighted by Gasteiger charge is 2.48. The van der Waals surface area contributed by atoms with E-state index in [4.69, 9.17) is 0 Å². The molecule has 2 atom stereocenters. The molecule has 4 nitrogen and oxygen atoms in total. The monoisotopic (exact) mass is 268 g/mol. The second-order valence-corrected chi connectivity index (χ2v) is 6.49. The summed E-state index contributed by atoms with van der Waals surface area (Å²) in [6.07, 6.45) is 1.58. The average molecular weight is 268 g/mol. The molecule has 1 saturated heterocycles. The number of nitrogens with zero attached hydrogens (tertiary/aromatic N) is 1. The lowest BCUT2D eigenvalue weighted by atomic mass is 9.87. The summed E-state index contributed by atoms with van der Waals surface area (Å²) in [6.45, 7) is 12.7. The second-order valence-electron chi connectivity index (χ2n) is 6.49. The number of rotatable bonds is 5. The van der Waals surface area contributed by atoms with Gasteiger partial charge in [0.05, 0.1) is 0 Å². The van der Waals surface area contributed by atoms with Crippen LogP contribution < -0.4 is 5.32 Å². The van der Waals surface area contributed by atoms with Gasteiger partial charge < -0.3 is 10.2 Å². The van der Waals surface area contributed by atoms with Crippen molar-refractivity contribution in [2.75, 3.05) is 6.54 Å². The fraction of sp³-hybridized carbons (Fsp3) is 0.867. The summed E-state index contributed by atoms with van der Waals surface area (Å²) in [5, 5.41) is 2.89. The van der Waals surface area contributed by atoms with Crippen LogP contribution in [0.1, 0.15) is 54.4 Å². The van der Waals surface area contributed by atoms with Crippen LogP contribution in [0.5, 0.6) is 0 Å². The van der Waals surface area contributed by atoms with Gasteiger partial charge in [0.2, 0.25) is 11.8 Å². The van der Waals surface area contributed by atoms with E-state index >= 15 is 0 Å². The van der Waals surface area contributed by atoms with E-state index in [0.29, 0.717) is 18.9 Å². The van der Waals surface area contributed by atoms with Gasteiger partial charge in [-0.15, -0.1) is 0 Å². The van der Waals surface area contributed by atoms with Gasteiger partial charge in [-0.05, 0) is 31.6 Å². The van der Waals surface area contributed by atoms with Crippen molar-refractivity contribution >= 4 is 11.8 Å². The highest BCUT2D eigenvalue weighted by Crippen LogP contribution is 2.27. The summed E-state index contributed by atoms with van der Waals surface area (Å²) < 4.78 is 0. The normalized spacial score (nSPS) is 28.2. The molecule has 0 aromatic rings. The van der Waals surface area contributed by atoms with Gasteiger partial charge in [0.25, 0.3) is 0 Å². The van der Waals surface area contributed by atoms with E-state index < -0.39 is 5.54 Å². The number of hydrogen-bond donors (Lipinski definition) is 1. The minimum atomic E-state index is -0.697. The molecule has 1 rings (SSSR count). The fourth-order valence-corrected chi connectivity index (χ4v) is 2.44. The topological polar surface area (TPSA) is 49.4 Å². The van der Waals surface area contributed by atoms with Gasteiger partial charge in [-0.3, -0.25) is 9.59 Å². The van der Waals surface area contributed by atoms with E-state index in [1.165, 1.54) is 0 Å². The van der Waals surface area contributed by atoms with Crippen molar-refractivity contribution in [1.29, 1.82) is 0 Å². The first-order valence-electron chi connectivity index (χ1n) is 7.36. The molecule has 0 radical (unpaired) electrons. The number of carbonyl (C=O) groups is 2. The Morgan fingerprint density at radius 1 is 1.26 bits per heavy atom. The molecule has 0 saturated carbocycles. The largest absolute Gasteiger partial charge is 0.342 e. The number of piperazine rings is 1. The highest BCUT2D eigenvalue weighted by atomic mass is 16.2. The zero-order valence-electron chi connectivity index (χ0n) is 13.1. The Labute approximate surface area is 116 Å². The van der Waals surface area contributed by atoms with Crippen LogP contribution in [0.4, 0.5) is 0 Å². The molecule has 2 amide bonds. The van der Waals surface area contributed by atoms with Crippen LogP contribution >= 0.6 is 0 Å². The zero-order chi connectivity index (χ0) is 14.8. The number of amides is 2. The van der Waals surface area contributed by atoms with Crippen LogP contribution in [0.15, 0.2) is 0 Å². The van der Waals surface area contributed by atoms with E-state index in [1.807, 2.05) is 27.7 Å². The molecular formula is C15H28N2O2. The highest BCUT2D eigenvalue weighted by molar-refractivity contribution is 5.99. The predicted octanol–water partition coefficient (Wildman–Crippen LogP) is 2.18. The summed E-state index contributed by atoms with van der Waals surface area (Å²) in [5.41, 5.74) is -0.697. The molecule has 4 heteroatoms. The SMILES string of the molecule is CCC1(C)C(=O)NC(C(C)C)C(=O)N1CCC(C)C. The third-order valence-electron chi connectivity index (χ3n) is 4.19. The molecule has 110 valence electrons. The standard InChI is InChI=1S/C15H28N2O2/c1-7-15(6)14(19)16-12(11(4)5)13(18)17(15)9-8-10(2)3/h10-12H,7-9H2,1-6H3,(H,16,19). The average Bonchev–Trinajstić information content (AvgIpc) is 2.32. The van der Waals surface area contributed by atoms with E-state index in [1.54, 1.807) is 4.90 Å². The third kappa shape index (κ3) is 3.10. The van der Waals surface area contributed by atoms with Crippen molar-refractivity contribution < 1.29 is 9.59 Å². The van der Waals surface area contributed by atoms with Gasteiger partial charge >= 0.3 is 0 Å². The molecule has 2 unspecified atom stereocenters. The smallest absolute Gasteiger partial charge is 0.246 e.